The normalized spacial score (nSPS) is 24.3. The van der Waals surface area contributed by atoms with E-state index in [4.69, 9.17) is 0 Å². The first-order valence-electron chi connectivity index (χ1n) is 10.8. The van der Waals surface area contributed by atoms with Crippen LogP contribution in [0.25, 0.3) is 6.08 Å². The summed E-state index contributed by atoms with van der Waals surface area (Å²) >= 11 is 0. The number of nitrogens with one attached hydrogen (secondary N) is 1. The minimum absolute atomic E-state index is 0.0554. The lowest BCUT2D eigenvalue weighted by atomic mass is 9.83. The standard InChI is InChI=1S/C26H31N3O/c1-4-8-20(25-23-9-6-5-7-10-24(23)27-26(25)30)17-21-18-22(12-11-19(21)2)29-15-13-28(3)14-16-29/h4-7,9-12,17-18,23,25H,1,8,13-16H2,2-3H3,(H,27,30)/b20-17+. The summed E-state index contributed by atoms with van der Waals surface area (Å²) in [5.41, 5.74) is 5.76. The predicted octanol–water partition coefficient (Wildman–Crippen LogP) is 4.08. The van der Waals surface area contributed by atoms with Crippen LogP contribution in [-0.2, 0) is 4.79 Å². The van der Waals surface area contributed by atoms with Gasteiger partial charge in [0.2, 0.25) is 5.91 Å². The molecule has 2 fully saturated rings. The van der Waals surface area contributed by atoms with E-state index < -0.39 is 0 Å². The topological polar surface area (TPSA) is 35.6 Å². The van der Waals surface area contributed by atoms with Crippen molar-refractivity contribution in [2.45, 2.75) is 13.3 Å². The maximum Gasteiger partial charge on any atom is 0.232 e. The van der Waals surface area contributed by atoms with Gasteiger partial charge in [-0.2, -0.15) is 0 Å². The Morgan fingerprint density at radius 3 is 2.77 bits per heavy atom. The molecule has 4 heteroatoms. The van der Waals surface area contributed by atoms with Crippen molar-refractivity contribution in [2.75, 3.05) is 38.1 Å². The van der Waals surface area contributed by atoms with Crippen molar-refractivity contribution in [3.05, 3.63) is 83.6 Å². The summed E-state index contributed by atoms with van der Waals surface area (Å²) in [7, 11) is 2.18. The van der Waals surface area contributed by atoms with E-state index in [0.717, 1.165) is 37.4 Å². The zero-order chi connectivity index (χ0) is 21.1. The zero-order valence-corrected chi connectivity index (χ0v) is 18.0. The van der Waals surface area contributed by atoms with E-state index >= 15 is 0 Å². The van der Waals surface area contributed by atoms with Crippen LogP contribution in [-0.4, -0.2) is 44.0 Å². The van der Waals surface area contributed by atoms with Crippen LogP contribution in [0.1, 0.15) is 17.5 Å². The molecular formula is C26H31N3O. The van der Waals surface area contributed by atoms with Gasteiger partial charge in [-0.05, 0) is 49.7 Å². The molecule has 0 spiro atoms. The number of hydrogen-bond donors (Lipinski definition) is 1. The predicted molar refractivity (Wildman–Crippen MR) is 125 cm³/mol. The summed E-state index contributed by atoms with van der Waals surface area (Å²) in [6, 6.07) is 6.69. The van der Waals surface area contributed by atoms with Crippen LogP contribution in [0.2, 0.25) is 0 Å². The van der Waals surface area contributed by atoms with Gasteiger partial charge >= 0.3 is 0 Å². The Labute approximate surface area is 179 Å². The summed E-state index contributed by atoms with van der Waals surface area (Å²) in [6.07, 6.45) is 15.0. The molecule has 2 saturated heterocycles. The first-order chi connectivity index (χ1) is 14.6. The lowest BCUT2D eigenvalue weighted by Crippen LogP contribution is -2.44. The molecule has 2 unspecified atom stereocenters. The van der Waals surface area contributed by atoms with Crippen molar-refractivity contribution in [3.8, 4) is 0 Å². The molecule has 0 bridgehead atoms. The van der Waals surface area contributed by atoms with Gasteiger partial charge in [-0.3, -0.25) is 4.79 Å². The number of fused-ring (bicyclic) bond motifs is 1. The number of anilines is 1. The SMILES string of the molecule is C=CC/C(=C\c1cc(N2CCN(C)CC2)ccc1C)C1C(=O)NC2=CC=CC=CC21. The zero-order valence-electron chi connectivity index (χ0n) is 18.0. The second kappa shape index (κ2) is 8.88. The van der Waals surface area contributed by atoms with Crippen LogP contribution in [0.3, 0.4) is 0 Å². The van der Waals surface area contributed by atoms with E-state index in [2.05, 4.69) is 66.0 Å². The van der Waals surface area contributed by atoms with Gasteiger partial charge in [0.25, 0.3) is 0 Å². The highest BCUT2D eigenvalue weighted by Gasteiger charge is 2.39. The molecule has 1 N–H and O–H groups in total. The molecule has 0 radical (unpaired) electrons. The minimum atomic E-state index is -0.197. The quantitative estimate of drug-likeness (QED) is 0.755. The fourth-order valence-electron chi connectivity index (χ4n) is 4.51. The van der Waals surface area contributed by atoms with E-state index in [-0.39, 0.29) is 17.7 Å². The maximum absolute atomic E-state index is 12.9. The van der Waals surface area contributed by atoms with Gasteiger partial charge in [0.15, 0.2) is 0 Å². The van der Waals surface area contributed by atoms with Gasteiger partial charge in [0.05, 0.1) is 5.92 Å². The molecule has 2 aliphatic heterocycles. The Balaban J connectivity index is 1.68. The van der Waals surface area contributed by atoms with Crippen LogP contribution >= 0.6 is 0 Å². The summed E-state index contributed by atoms with van der Waals surface area (Å²) in [5, 5.41) is 3.08. The lowest BCUT2D eigenvalue weighted by Gasteiger charge is -2.34. The van der Waals surface area contributed by atoms with E-state index in [9.17, 15) is 4.79 Å². The van der Waals surface area contributed by atoms with Gasteiger partial charge in [-0.25, -0.2) is 0 Å². The third kappa shape index (κ3) is 4.19. The molecule has 4 nitrogen and oxygen atoms in total. The number of hydrogen-bond acceptors (Lipinski definition) is 3. The average Bonchev–Trinajstić information content (AvgIpc) is 2.88. The van der Waals surface area contributed by atoms with Crippen molar-refractivity contribution >= 4 is 17.7 Å². The minimum Gasteiger partial charge on any atom is -0.369 e. The van der Waals surface area contributed by atoms with E-state index in [1.165, 1.54) is 16.8 Å². The molecule has 0 aromatic heterocycles. The number of carbonyl (C=O) groups excluding carboxylic acids is 1. The fourth-order valence-corrected chi connectivity index (χ4v) is 4.51. The Morgan fingerprint density at radius 1 is 1.20 bits per heavy atom. The number of rotatable bonds is 5. The van der Waals surface area contributed by atoms with E-state index in [1.807, 2.05) is 30.4 Å². The van der Waals surface area contributed by atoms with Crippen molar-refractivity contribution in [2.24, 2.45) is 11.8 Å². The number of carbonyl (C=O) groups is 1. The molecule has 2 heterocycles. The first kappa shape index (κ1) is 20.4. The summed E-state index contributed by atoms with van der Waals surface area (Å²) in [5.74, 6) is -0.0657. The molecule has 4 rings (SSSR count). The molecule has 1 aromatic carbocycles. The highest BCUT2D eigenvalue weighted by Crippen LogP contribution is 2.37. The third-order valence-electron chi connectivity index (χ3n) is 6.34. The van der Waals surface area contributed by atoms with Crippen LogP contribution in [0.4, 0.5) is 5.69 Å². The van der Waals surface area contributed by atoms with Gasteiger partial charge < -0.3 is 15.1 Å². The molecular weight excluding hydrogens is 370 g/mol. The van der Waals surface area contributed by atoms with Gasteiger partial charge in [-0.1, -0.05) is 48.1 Å². The number of allylic oxidation sites excluding steroid dienone is 6. The highest BCUT2D eigenvalue weighted by atomic mass is 16.2. The lowest BCUT2D eigenvalue weighted by molar-refractivity contribution is -0.121. The van der Waals surface area contributed by atoms with Crippen molar-refractivity contribution < 1.29 is 4.79 Å². The largest absolute Gasteiger partial charge is 0.369 e. The van der Waals surface area contributed by atoms with Crippen molar-refractivity contribution in [3.63, 3.8) is 0 Å². The molecule has 1 aromatic rings. The Morgan fingerprint density at radius 2 is 2.00 bits per heavy atom. The molecule has 156 valence electrons. The molecule has 30 heavy (non-hydrogen) atoms. The van der Waals surface area contributed by atoms with E-state index in [1.54, 1.807) is 0 Å². The third-order valence-corrected chi connectivity index (χ3v) is 6.34. The Kier molecular flexibility index (Phi) is 6.05. The molecule has 1 amide bonds. The molecule has 2 atom stereocenters. The van der Waals surface area contributed by atoms with Crippen LogP contribution in [0.15, 0.2) is 72.5 Å². The number of likely N-dealkylation sites (N-methyl/N-ethyl adjacent to an activating group) is 1. The maximum atomic E-state index is 12.9. The van der Waals surface area contributed by atoms with Crippen molar-refractivity contribution in [1.82, 2.24) is 10.2 Å². The number of piperazine rings is 1. The van der Waals surface area contributed by atoms with Gasteiger partial charge in [0, 0.05) is 43.5 Å². The van der Waals surface area contributed by atoms with Crippen molar-refractivity contribution in [1.29, 1.82) is 0 Å². The Bertz CT molecular complexity index is 945. The highest BCUT2D eigenvalue weighted by molar-refractivity contribution is 5.89. The number of amides is 1. The second-order valence-corrected chi connectivity index (χ2v) is 8.43. The van der Waals surface area contributed by atoms with E-state index in [0.29, 0.717) is 6.42 Å². The summed E-state index contributed by atoms with van der Waals surface area (Å²) in [6.45, 7) is 10.3. The molecule has 3 aliphatic rings. The average molecular weight is 402 g/mol. The van der Waals surface area contributed by atoms with Crippen LogP contribution < -0.4 is 10.2 Å². The van der Waals surface area contributed by atoms with Crippen LogP contribution in [0, 0.1) is 18.8 Å². The number of aryl methyl sites for hydroxylation is 1. The van der Waals surface area contributed by atoms with Gasteiger partial charge in [-0.15, -0.1) is 6.58 Å². The van der Waals surface area contributed by atoms with Crippen LogP contribution in [0.5, 0.6) is 0 Å². The molecule has 0 saturated carbocycles. The second-order valence-electron chi connectivity index (χ2n) is 8.43. The number of benzene rings is 1. The monoisotopic (exact) mass is 401 g/mol. The molecule has 1 aliphatic carbocycles. The van der Waals surface area contributed by atoms with Gasteiger partial charge in [0.1, 0.15) is 0 Å². The smallest absolute Gasteiger partial charge is 0.232 e. The summed E-state index contributed by atoms with van der Waals surface area (Å²) in [4.78, 5) is 17.7. The fraction of sp³-hybridized carbons (Fsp3) is 0.346. The summed E-state index contributed by atoms with van der Waals surface area (Å²) < 4.78 is 0. The number of nitrogens with zero attached hydrogens (tertiary/aromatic N) is 2. The first-order valence-corrected chi connectivity index (χ1v) is 10.8. The Hall–Kier alpha value is -2.85.